The number of rotatable bonds is 6. The second-order valence-corrected chi connectivity index (χ2v) is 9.04. The monoisotopic (exact) mass is 485 g/mol. The summed E-state index contributed by atoms with van der Waals surface area (Å²) in [6.45, 7) is 3.95. The molecule has 34 heavy (non-hydrogen) atoms. The molecular weight excluding hydrogens is 461 g/mol. The van der Waals surface area contributed by atoms with E-state index < -0.39 is 0 Å². The van der Waals surface area contributed by atoms with Crippen molar-refractivity contribution in [2.75, 3.05) is 26.6 Å². The van der Waals surface area contributed by atoms with Crippen LogP contribution in [0.4, 0.5) is 4.39 Å². The van der Waals surface area contributed by atoms with E-state index in [9.17, 15) is 9.18 Å². The number of nitrogens with zero attached hydrogens (tertiary/aromatic N) is 2. The van der Waals surface area contributed by atoms with Crippen molar-refractivity contribution in [2.45, 2.75) is 31.7 Å². The first-order valence-corrected chi connectivity index (χ1v) is 11.6. The summed E-state index contributed by atoms with van der Waals surface area (Å²) in [5, 5.41) is 7.78. The van der Waals surface area contributed by atoms with Crippen LogP contribution in [-0.4, -0.2) is 42.2 Å². The van der Waals surface area contributed by atoms with Gasteiger partial charge in [0.15, 0.2) is 11.5 Å². The Kier molecular flexibility index (Phi) is 6.18. The third-order valence-corrected chi connectivity index (χ3v) is 6.94. The molecule has 1 aromatic heterocycles. The van der Waals surface area contributed by atoms with Gasteiger partial charge in [0, 0.05) is 25.2 Å². The second kappa shape index (κ2) is 9.27. The molecule has 1 amide bonds. The fraction of sp³-hybridized carbons (Fsp3) is 0.360. The molecule has 0 saturated carbocycles. The van der Waals surface area contributed by atoms with Crippen LogP contribution in [0.3, 0.4) is 0 Å². The third-order valence-electron chi connectivity index (χ3n) is 6.56. The van der Waals surface area contributed by atoms with Crippen molar-refractivity contribution in [1.29, 1.82) is 0 Å². The van der Waals surface area contributed by atoms with Crippen molar-refractivity contribution in [3.63, 3.8) is 0 Å². The normalized spacial score (nSPS) is 16.4. The predicted molar refractivity (Wildman–Crippen MR) is 124 cm³/mol. The van der Waals surface area contributed by atoms with Gasteiger partial charge >= 0.3 is 0 Å². The van der Waals surface area contributed by atoms with Gasteiger partial charge in [0.1, 0.15) is 11.0 Å². The molecular formula is C25H25ClFN3O4. The number of hydrogen-bond acceptors (Lipinski definition) is 5. The first-order chi connectivity index (χ1) is 16.4. The van der Waals surface area contributed by atoms with Gasteiger partial charge in [0.2, 0.25) is 6.79 Å². The molecule has 178 valence electrons. The van der Waals surface area contributed by atoms with Crippen molar-refractivity contribution in [2.24, 2.45) is 0 Å². The quantitative estimate of drug-likeness (QED) is 0.565. The molecule has 3 aromatic rings. The fourth-order valence-electron chi connectivity index (χ4n) is 4.57. The Hall–Kier alpha value is -3.10. The van der Waals surface area contributed by atoms with Crippen LogP contribution in [-0.2, 0) is 16.7 Å². The Morgan fingerprint density at radius 1 is 1.15 bits per heavy atom. The summed E-state index contributed by atoms with van der Waals surface area (Å²) in [6, 6.07) is 12.1. The van der Waals surface area contributed by atoms with Crippen molar-refractivity contribution in [1.82, 2.24) is 15.1 Å². The molecule has 9 heteroatoms. The minimum atomic E-state index is -0.309. The van der Waals surface area contributed by atoms with Gasteiger partial charge in [-0.15, -0.1) is 0 Å². The Balaban J connectivity index is 1.35. The zero-order valence-electron chi connectivity index (χ0n) is 18.8. The zero-order valence-corrected chi connectivity index (χ0v) is 19.5. The number of nitrogens with one attached hydrogen (secondary N) is 1. The Morgan fingerprint density at radius 2 is 1.88 bits per heavy atom. The molecule has 0 atom stereocenters. The van der Waals surface area contributed by atoms with Gasteiger partial charge in [-0.2, -0.15) is 5.10 Å². The third kappa shape index (κ3) is 4.35. The minimum Gasteiger partial charge on any atom is -0.454 e. The number of amides is 1. The first-order valence-electron chi connectivity index (χ1n) is 11.2. The molecule has 0 spiro atoms. The average Bonchev–Trinajstić information content (AvgIpc) is 3.43. The largest absolute Gasteiger partial charge is 0.454 e. The van der Waals surface area contributed by atoms with Crippen LogP contribution in [0.5, 0.6) is 11.5 Å². The van der Waals surface area contributed by atoms with Gasteiger partial charge < -0.3 is 19.5 Å². The van der Waals surface area contributed by atoms with Gasteiger partial charge in [-0.1, -0.05) is 29.8 Å². The highest BCUT2D eigenvalue weighted by Gasteiger charge is 2.36. The second-order valence-electron chi connectivity index (χ2n) is 8.68. The fourth-order valence-corrected chi connectivity index (χ4v) is 4.89. The van der Waals surface area contributed by atoms with Crippen molar-refractivity contribution < 1.29 is 23.4 Å². The number of fused-ring (bicyclic) bond motifs is 1. The number of aryl methyl sites for hydroxylation is 1. The van der Waals surface area contributed by atoms with Crippen LogP contribution >= 0.6 is 11.6 Å². The summed E-state index contributed by atoms with van der Waals surface area (Å²) in [5.74, 6) is 0.858. The highest BCUT2D eigenvalue weighted by atomic mass is 35.5. The zero-order chi connectivity index (χ0) is 23.7. The van der Waals surface area contributed by atoms with Crippen LogP contribution in [0.2, 0.25) is 5.15 Å². The number of carbonyl (C=O) groups excluding carboxylic acids is 1. The summed E-state index contributed by atoms with van der Waals surface area (Å²) in [4.78, 5) is 13.2. The molecule has 2 aromatic carbocycles. The molecule has 0 radical (unpaired) electrons. The van der Waals surface area contributed by atoms with E-state index in [4.69, 9.17) is 25.8 Å². The van der Waals surface area contributed by atoms with Crippen LogP contribution < -0.4 is 14.8 Å². The van der Waals surface area contributed by atoms with Crippen LogP contribution in [0.1, 0.15) is 40.0 Å². The van der Waals surface area contributed by atoms with Gasteiger partial charge in [-0.25, -0.2) is 9.07 Å². The molecule has 1 saturated heterocycles. The molecule has 0 unspecified atom stereocenters. The lowest BCUT2D eigenvalue weighted by Gasteiger charge is -2.38. The highest BCUT2D eigenvalue weighted by molar-refractivity contribution is 6.33. The maximum absolute atomic E-state index is 13.2. The van der Waals surface area contributed by atoms with Crippen LogP contribution in [0.25, 0.3) is 0 Å². The summed E-state index contributed by atoms with van der Waals surface area (Å²) in [6.07, 6.45) is 1.53. The van der Waals surface area contributed by atoms with Gasteiger partial charge in [0.25, 0.3) is 5.91 Å². The molecule has 3 heterocycles. The molecule has 2 aliphatic heterocycles. The Morgan fingerprint density at radius 3 is 2.65 bits per heavy atom. The SMILES string of the molecule is Cc1nn(Cc2ccc(F)cc2)c(Cl)c1C(=O)NCC1(c2ccc3c(c2)OCO3)CCOCC1. The minimum absolute atomic E-state index is 0.214. The molecule has 0 bridgehead atoms. The number of aromatic nitrogens is 2. The lowest BCUT2D eigenvalue weighted by Crippen LogP contribution is -2.44. The van der Waals surface area contributed by atoms with Crippen molar-refractivity contribution in [3.05, 3.63) is 75.8 Å². The van der Waals surface area contributed by atoms with Gasteiger partial charge in [-0.05, 0) is 55.2 Å². The molecule has 7 nitrogen and oxygen atoms in total. The van der Waals surface area contributed by atoms with E-state index in [0.717, 1.165) is 35.5 Å². The lowest BCUT2D eigenvalue weighted by molar-refractivity contribution is 0.0486. The van der Waals surface area contributed by atoms with Crippen molar-refractivity contribution in [3.8, 4) is 11.5 Å². The van der Waals surface area contributed by atoms with E-state index in [1.54, 1.807) is 23.7 Å². The molecule has 0 aliphatic carbocycles. The van der Waals surface area contributed by atoms with E-state index in [-0.39, 0.29) is 29.1 Å². The summed E-state index contributed by atoms with van der Waals surface area (Å²) < 4.78 is 31.4. The maximum Gasteiger partial charge on any atom is 0.256 e. The van der Waals surface area contributed by atoms with E-state index in [0.29, 0.717) is 37.6 Å². The average molecular weight is 486 g/mol. The Labute approximate surface area is 201 Å². The number of hydrogen-bond donors (Lipinski definition) is 1. The number of ether oxygens (including phenoxy) is 3. The summed E-state index contributed by atoms with van der Waals surface area (Å²) in [7, 11) is 0. The van der Waals surface area contributed by atoms with Crippen LogP contribution in [0, 0.1) is 12.7 Å². The summed E-state index contributed by atoms with van der Waals surface area (Å²) in [5.41, 5.74) is 2.50. The molecule has 1 fully saturated rings. The predicted octanol–water partition coefficient (Wildman–Crippen LogP) is 4.24. The molecule has 2 aliphatic rings. The maximum atomic E-state index is 13.2. The lowest BCUT2D eigenvalue weighted by atomic mass is 9.74. The van der Waals surface area contributed by atoms with Gasteiger partial charge in [-0.3, -0.25) is 4.79 Å². The topological polar surface area (TPSA) is 74.6 Å². The molecule has 5 rings (SSSR count). The summed E-state index contributed by atoms with van der Waals surface area (Å²) >= 11 is 6.56. The number of carbonyl (C=O) groups is 1. The molecule has 1 N–H and O–H groups in total. The van der Waals surface area contributed by atoms with E-state index in [1.165, 1.54) is 12.1 Å². The van der Waals surface area contributed by atoms with E-state index >= 15 is 0 Å². The number of benzene rings is 2. The van der Waals surface area contributed by atoms with E-state index in [1.807, 2.05) is 18.2 Å². The number of halogens is 2. The standard InChI is InChI=1S/C25H25ClFN3O4/c1-16-22(23(26)30(29-16)13-17-2-5-19(27)6-3-17)24(31)28-14-25(8-10-32-11-9-25)18-4-7-20-21(12-18)34-15-33-20/h2-7,12H,8-11,13-15H2,1H3,(H,28,31). The smallest absolute Gasteiger partial charge is 0.256 e. The first kappa shape index (κ1) is 22.7. The van der Waals surface area contributed by atoms with Gasteiger partial charge in [0.05, 0.1) is 17.8 Å². The Bertz CT molecular complexity index is 1210. The van der Waals surface area contributed by atoms with Crippen LogP contribution in [0.15, 0.2) is 42.5 Å². The van der Waals surface area contributed by atoms with E-state index in [2.05, 4.69) is 10.4 Å². The van der Waals surface area contributed by atoms with Crippen molar-refractivity contribution >= 4 is 17.5 Å². The highest BCUT2D eigenvalue weighted by Crippen LogP contribution is 2.40.